The van der Waals surface area contributed by atoms with Crippen LogP contribution in [0.1, 0.15) is 49.3 Å². The van der Waals surface area contributed by atoms with Crippen LogP contribution in [-0.2, 0) is 10.2 Å². The van der Waals surface area contributed by atoms with Gasteiger partial charge in [0.1, 0.15) is 18.2 Å². The predicted octanol–water partition coefficient (Wildman–Crippen LogP) is 4.72. The van der Waals surface area contributed by atoms with Crippen molar-refractivity contribution in [1.29, 1.82) is 0 Å². The lowest BCUT2D eigenvalue weighted by atomic mass is 9.92. The summed E-state index contributed by atoms with van der Waals surface area (Å²) in [5.74, 6) is -0.719. The second kappa shape index (κ2) is 9.34. The van der Waals surface area contributed by atoms with E-state index in [0.29, 0.717) is 12.4 Å². The fraction of sp³-hybridized carbons (Fsp3) is 0.320. The summed E-state index contributed by atoms with van der Waals surface area (Å²) in [5.41, 5.74) is 2.73. The highest BCUT2D eigenvalue weighted by Gasteiger charge is 2.23. The zero-order chi connectivity index (χ0) is 23.5. The Hall–Kier alpha value is -3.48. The smallest absolute Gasteiger partial charge is 0.254 e. The van der Waals surface area contributed by atoms with Crippen molar-refractivity contribution in [3.05, 3.63) is 77.2 Å². The number of hydrogen-bond acceptors (Lipinski definition) is 3. The molecule has 0 bridgehead atoms. The molecule has 2 aromatic carbocycles. The SMILES string of the molecule is CCN(CC(=O)Nc1cc(C(C)(C)C)nn1-c1cccc(C)c1)C(=O)c1cccc(F)c1. The zero-order valence-electron chi connectivity index (χ0n) is 19.1. The number of aromatic nitrogens is 2. The number of nitrogens with one attached hydrogen (secondary N) is 1. The van der Waals surface area contributed by atoms with Crippen molar-refractivity contribution >= 4 is 17.6 Å². The van der Waals surface area contributed by atoms with Crippen molar-refractivity contribution in [2.24, 2.45) is 0 Å². The van der Waals surface area contributed by atoms with Gasteiger partial charge < -0.3 is 10.2 Å². The van der Waals surface area contributed by atoms with E-state index in [-0.39, 0.29) is 23.4 Å². The highest BCUT2D eigenvalue weighted by molar-refractivity contribution is 5.99. The first-order valence-corrected chi connectivity index (χ1v) is 10.6. The van der Waals surface area contributed by atoms with Crippen LogP contribution in [0.25, 0.3) is 5.69 Å². The molecule has 32 heavy (non-hydrogen) atoms. The molecule has 168 valence electrons. The number of benzene rings is 2. The Morgan fingerprint density at radius 1 is 1.09 bits per heavy atom. The molecule has 0 spiro atoms. The third-order valence-electron chi connectivity index (χ3n) is 5.07. The van der Waals surface area contributed by atoms with Gasteiger partial charge in [-0.25, -0.2) is 9.07 Å². The first-order chi connectivity index (χ1) is 15.1. The Bertz CT molecular complexity index is 1130. The molecule has 3 aromatic rings. The van der Waals surface area contributed by atoms with E-state index in [9.17, 15) is 14.0 Å². The van der Waals surface area contributed by atoms with Gasteiger partial charge >= 0.3 is 0 Å². The Morgan fingerprint density at radius 3 is 2.44 bits per heavy atom. The van der Waals surface area contributed by atoms with Crippen LogP contribution in [0.15, 0.2) is 54.6 Å². The van der Waals surface area contributed by atoms with Crippen LogP contribution in [0.2, 0.25) is 0 Å². The highest BCUT2D eigenvalue weighted by atomic mass is 19.1. The number of rotatable bonds is 6. The van der Waals surface area contributed by atoms with E-state index in [4.69, 9.17) is 5.10 Å². The van der Waals surface area contributed by atoms with Gasteiger partial charge in [-0.15, -0.1) is 0 Å². The molecule has 1 aromatic heterocycles. The lowest BCUT2D eigenvalue weighted by Gasteiger charge is -2.20. The second-order valence-electron chi connectivity index (χ2n) is 8.79. The monoisotopic (exact) mass is 436 g/mol. The highest BCUT2D eigenvalue weighted by Crippen LogP contribution is 2.26. The summed E-state index contributed by atoms with van der Waals surface area (Å²) in [6.45, 7) is 10.1. The van der Waals surface area contributed by atoms with E-state index in [0.717, 1.165) is 16.9 Å². The second-order valence-corrected chi connectivity index (χ2v) is 8.79. The first-order valence-electron chi connectivity index (χ1n) is 10.6. The number of carbonyl (C=O) groups is 2. The van der Waals surface area contributed by atoms with Gasteiger partial charge in [-0.2, -0.15) is 5.10 Å². The Kier molecular flexibility index (Phi) is 6.77. The number of carbonyl (C=O) groups excluding carboxylic acids is 2. The topological polar surface area (TPSA) is 67.2 Å². The summed E-state index contributed by atoms with van der Waals surface area (Å²) < 4.78 is 15.2. The average molecular weight is 437 g/mol. The molecule has 7 heteroatoms. The van der Waals surface area contributed by atoms with Gasteiger partial charge in [0.25, 0.3) is 5.91 Å². The number of amides is 2. The van der Waals surface area contributed by atoms with Crippen molar-refractivity contribution in [3.8, 4) is 5.69 Å². The van der Waals surface area contributed by atoms with Gasteiger partial charge in [-0.05, 0) is 49.7 Å². The Balaban J connectivity index is 1.84. The fourth-order valence-electron chi connectivity index (χ4n) is 3.28. The van der Waals surface area contributed by atoms with Crippen LogP contribution in [0.3, 0.4) is 0 Å². The number of halogens is 1. The zero-order valence-corrected chi connectivity index (χ0v) is 19.1. The van der Waals surface area contributed by atoms with Gasteiger partial charge in [0, 0.05) is 23.6 Å². The summed E-state index contributed by atoms with van der Waals surface area (Å²) in [7, 11) is 0. The molecule has 0 unspecified atom stereocenters. The van der Waals surface area contributed by atoms with Crippen LogP contribution in [-0.4, -0.2) is 39.6 Å². The molecule has 0 aliphatic carbocycles. The molecule has 0 saturated carbocycles. The molecular formula is C25H29FN4O2. The van der Waals surface area contributed by atoms with Crippen molar-refractivity contribution in [2.75, 3.05) is 18.4 Å². The van der Waals surface area contributed by atoms with Crippen LogP contribution >= 0.6 is 0 Å². The molecule has 6 nitrogen and oxygen atoms in total. The molecule has 0 fully saturated rings. The van der Waals surface area contributed by atoms with Crippen LogP contribution in [0.5, 0.6) is 0 Å². The molecule has 0 radical (unpaired) electrons. The molecular weight excluding hydrogens is 407 g/mol. The summed E-state index contributed by atoms with van der Waals surface area (Å²) >= 11 is 0. The minimum atomic E-state index is -0.492. The summed E-state index contributed by atoms with van der Waals surface area (Å²) in [4.78, 5) is 27.0. The Morgan fingerprint density at radius 2 is 1.81 bits per heavy atom. The normalized spacial score (nSPS) is 11.3. The molecule has 0 aliphatic heterocycles. The van der Waals surface area contributed by atoms with E-state index in [1.165, 1.54) is 29.2 Å². The largest absolute Gasteiger partial charge is 0.330 e. The van der Waals surface area contributed by atoms with Crippen molar-refractivity contribution in [1.82, 2.24) is 14.7 Å². The van der Waals surface area contributed by atoms with Gasteiger partial charge in [0.05, 0.1) is 11.4 Å². The van der Waals surface area contributed by atoms with E-state index in [1.807, 2.05) is 37.3 Å². The lowest BCUT2D eigenvalue weighted by Crippen LogP contribution is -2.38. The van der Waals surface area contributed by atoms with Crippen molar-refractivity contribution < 1.29 is 14.0 Å². The molecule has 1 N–H and O–H groups in total. The minimum Gasteiger partial charge on any atom is -0.330 e. The average Bonchev–Trinajstić information content (AvgIpc) is 3.15. The standard InChI is InChI=1S/C25H29FN4O2/c1-6-29(24(32)18-10-8-11-19(26)14-18)16-23(31)27-22-15-21(25(3,4)5)28-30(22)20-12-7-9-17(2)13-20/h7-15H,6,16H2,1-5H3,(H,27,31). The summed E-state index contributed by atoms with van der Waals surface area (Å²) in [5, 5.41) is 7.61. The van der Waals surface area contributed by atoms with Gasteiger partial charge in [-0.3, -0.25) is 9.59 Å². The third-order valence-corrected chi connectivity index (χ3v) is 5.07. The van der Waals surface area contributed by atoms with Gasteiger partial charge in [0.2, 0.25) is 5.91 Å². The van der Waals surface area contributed by atoms with E-state index in [1.54, 1.807) is 11.6 Å². The number of anilines is 1. The van der Waals surface area contributed by atoms with Crippen LogP contribution in [0.4, 0.5) is 10.2 Å². The number of aryl methyl sites for hydroxylation is 1. The van der Waals surface area contributed by atoms with Crippen molar-refractivity contribution in [3.63, 3.8) is 0 Å². The van der Waals surface area contributed by atoms with Gasteiger partial charge in [-0.1, -0.05) is 39.0 Å². The molecule has 0 saturated heterocycles. The van der Waals surface area contributed by atoms with E-state index < -0.39 is 11.7 Å². The molecule has 0 aliphatic rings. The van der Waals surface area contributed by atoms with Crippen molar-refractivity contribution in [2.45, 2.75) is 40.0 Å². The first kappa shape index (κ1) is 23.2. The summed E-state index contributed by atoms with van der Waals surface area (Å²) in [6.07, 6.45) is 0. The third kappa shape index (κ3) is 5.41. The minimum absolute atomic E-state index is 0.157. The number of likely N-dealkylation sites (N-methyl/N-ethyl adjacent to an activating group) is 1. The molecule has 3 rings (SSSR count). The van der Waals surface area contributed by atoms with Crippen LogP contribution in [0, 0.1) is 12.7 Å². The lowest BCUT2D eigenvalue weighted by molar-refractivity contribution is -0.116. The Labute approximate surface area is 188 Å². The summed E-state index contributed by atoms with van der Waals surface area (Å²) in [6, 6.07) is 15.2. The maximum atomic E-state index is 13.5. The molecule has 2 amide bonds. The fourth-order valence-corrected chi connectivity index (χ4v) is 3.28. The maximum Gasteiger partial charge on any atom is 0.254 e. The van der Waals surface area contributed by atoms with E-state index >= 15 is 0 Å². The van der Waals surface area contributed by atoms with Crippen LogP contribution < -0.4 is 5.32 Å². The quantitative estimate of drug-likeness (QED) is 0.608. The van der Waals surface area contributed by atoms with E-state index in [2.05, 4.69) is 26.1 Å². The van der Waals surface area contributed by atoms with Gasteiger partial charge in [0.15, 0.2) is 0 Å². The maximum absolute atomic E-state index is 13.5. The predicted molar refractivity (Wildman–Crippen MR) is 124 cm³/mol. The number of hydrogen-bond donors (Lipinski definition) is 1. The molecule has 1 heterocycles. The molecule has 0 atom stereocenters. The number of nitrogens with zero attached hydrogens (tertiary/aromatic N) is 3.